The second kappa shape index (κ2) is 4.74. The van der Waals surface area contributed by atoms with E-state index < -0.39 is 0 Å². The first kappa shape index (κ1) is 11.2. The maximum atomic E-state index is 5.74. The quantitative estimate of drug-likeness (QED) is 0.888. The van der Waals surface area contributed by atoms with Crippen molar-refractivity contribution in [3.05, 3.63) is 53.6 Å². The van der Waals surface area contributed by atoms with Gasteiger partial charge in [-0.05, 0) is 18.7 Å². The van der Waals surface area contributed by atoms with Crippen molar-refractivity contribution in [2.75, 3.05) is 13.7 Å². The Morgan fingerprint density at radius 1 is 1.22 bits per heavy atom. The fourth-order valence-corrected chi connectivity index (χ4v) is 2.35. The summed E-state index contributed by atoms with van der Waals surface area (Å²) in [6, 6.07) is 8.05. The van der Waals surface area contributed by atoms with E-state index in [0.717, 1.165) is 30.2 Å². The van der Waals surface area contributed by atoms with Crippen molar-refractivity contribution in [3.63, 3.8) is 0 Å². The van der Waals surface area contributed by atoms with Gasteiger partial charge in [0.1, 0.15) is 11.6 Å². The molecule has 1 aromatic carbocycles. The monoisotopic (exact) mass is 241 g/mol. The molecule has 1 unspecified atom stereocenters. The Balaban J connectivity index is 2.05. The Labute approximate surface area is 106 Å². The first-order chi connectivity index (χ1) is 8.90. The minimum absolute atomic E-state index is 0.0285. The third-order valence-corrected chi connectivity index (χ3v) is 3.19. The Hall–Kier alpha value is -1.94. The highest BCUT2D eigenvalue weighted by Gasteiger charge is 2.23. The highest BCUT2D eigenvalue weighted by molar-refractivity contribution is 5.47. The molecule has 1 aromatic heterocycles. The average Bonchev–Trinajstić information content (AvgIpc) is 2.90. The molecule has 4 nitrogen and oxygen atoms in total. The predicted molar refractivity (Wildman–Crippen MR) is 68.6 cm³/mol. The highest BCUT2D eigenvalue weighted by Crippen LogP contribution is 2.34. The van der Waals surface area contributed by atoms with Gasteiger partial charge < -0.3 is 10.1 Å². The van der Waals surface area contributed by atoms with E-state index in [0.29, 0.717) is 0 Å². The molecule has 0 radical (unpaired) electrons. The van der Waals surface area contributed by atoms with Crippen LogP contribution in [0.3, 0.4) is 0 Å². The van der Waals surface area contributed by atoms with Gasteiger partial charge in [0, 0.05) is 24.4 Å². The van der Waals surface area contributed by atoms with E-state index in [9.17, 15) is 0 Å². The zero-order valence-electron chi connectivity index (χ0n) is 10.3. The number of aromatic nitrogens is 2. The second-order valence-electron chi connectivity index (χ2n) is 4.26. The molecule has 0 fully saturated rings. The van der Waals surface area contributed by atoms with Crippen LogP contribution in [0.4, 0.5) is 0 Å². The summed E-state index contributed by atoms with van der Waals surface area (Å²) in [5, 5.41) is 3.26. The number of benzene rings is 1. The third-order valence-electron chi connectivity index (χ3n) is 3.19. The van der Waals surface area contributed by atoms with Gasteiger partial charge in [0.15, 0.2) is 0 Å². The molecule has 1 aliphatic rings. The van der Waals surface area contributed by atoms with Gasteiger partial charge >= 0.3 is 0 Å². The van der Waals surface area contributed by atoms with Crippen LogP contribution in [0.1, 0.15) is 23.0 Å². The molecule has 0 spiro atoms. The Bertz CT molecular complexity index is 542. The normalized spacial score (nSPS) is 14.9. The molecule has 18 heavy (non-hydrogen) atoms. The van der Waals surface area contributed by atoms with E-state index in [2.05, 4.69) is 33.5 Å². The molecule has 3 rings (SSSR count). The summed E-state index contributed by atoms with van der Waals surface area (Å²) >= 11 is 0. The van der Waals surface area contributed by atoms with Crippen LogP contribution in [-0.4, -0.2) is 23.6 Å². The molecular formula is C14H15N3O. The maximum Gasteiger partial charge on any atom is 0.149 e. The minimum Gasteiger partial charge on any atom is -0.493 e. The van der Waals surface area contributed by atoms with Gasteiger partial charge in [-0.1, -0.05) is 18.2 Å². The molecule has 0 bridgehead atoms. The molecule has 1 aliphatic heterocycles. The maximum absolute atomic E-state index is 5.74. The van der Waals surface area contributed by atoms with Crippen molar-refractivity contribution < 1.29 is 4.74 Å². The van der Waals surface area contributed by atoms with Gasteiger partial charge in [-0.25, -0.2) is 9.97 Å². The number of nitrogens with one attached hydrogen (secondary N) is 1. The van der Waals surface area contributed by atoms with E-state index in [1.807, 2.05) is 13.1 Å². The summed E-state index contributed by atoms with van der Waals surface area (Å²) < 4.78 is 5.74. The fourth-order valence-electron chi connectivity index (χ4n) is 2.35. The number of hydrogen-bond acceptors (Lipinski definition) is 4. The largest absolute Gasteiger partial charge is 0.493 e. The zero-order valence-corrected chi connectivity index (χ0v) is 10.3. The lowest BCUT2D eigenvalue weighted by Crippen LogP contribution is -2.20. The van der Waals surface area contributed by atoms with Crippen molar-refractivity contribution in [1.82, 2.24) is 15.3 Å². The van der Waals surface area contributed by atoms with Crippen LogP contribution >= 0.6 is 0 Å². The predicted octanol–water partition coefficient (Wildman–Crippen LogP) is 1.72. The number of ether oxygens (including phenoxy) is 1. The molecule has 0 saturated heterocycles. The minimum atomic E-state index is -0.0285. The Kier molecular flexibility index (Phi) is 2.94. The first-order valence-corrected chi connectivity index (χ1v) is 6.09. The molecule has 92 valence electrons. The fraction of sp³-hybridized carbons (Fsp3) is 0.286. The Morgan fingerprint density at radius 3 is 2.83 bits per heavy atom. The van der Waals surface area contributed by atoms with Gasteiger partial charge in [-0.3, -0.25) is 0 Å². The van der Waals surface area contributed by atoms with Crippen LogP contribution in [0.5, 0.6) is 5.75 Å². The van der Waals surface area contributed by atoms with Crippen LogP contribution < -0.4 is 10.1 Å². The van der Waals surface area contributed by atoms with Gasteiger partial charge in [-0.15, -0.1) is 0 Å². The lowest BCUT2D eigenvalue weighted by Gasteiger charge is -2.17. The standard InChI is InChI=1S/C14H15N3O/c1-15-12(14-16-7-3-8-17-14)11-5-2-4-10-6-9-18-13(10)11/h2-5,7-8,12,15H,6,9H2,1H3. The smallest absolute Gasteiger partial charge is 0.149 e. The molecule has 2 heterocycles. The Morgan fingerprint density at radius 2 is 2.06 bits per heavy atom. The van der Waals surface area contributed by atoms with Gasteiger partial charge in [0.05, 0.1) is 12.6 Å². The zero-order chi connectivity index (χ0) is 12.4. The number of hydrogen-bond donors (Lipinski definition) is 1. The van der Waals surface area contributed by atoms with Crippen LogP contribution in [0, 0.1) is 0 Å². The van der Waals surface area contributed by atoms with Crippen LogP contribution in [0.25, 0.3) is 0 Å². The molecule has 0 aliphatic carbocycles. The van der Waals surface area contributed by atoms with Crippen LogP contribution in [0.2, 0.25) is 0 Å². The molecular weight excluding hydrogens is 226 g/mol. The number of nitrogens with zero attached hydrogens (tertiary/aromatic N) is 2. The number of rotatable bonds is 3. The van der Waals surface area contributed by atoms with Crippen LogP contribution in [-0.2, 0) is 6.42 Å². The van der Waals surface area contributed by atoms with Crippen molar-refractivity contribution in [2.45, 2.75) is 12.5 Å². The highest BCUT2D eigenvalue weighted by atomic mass is 16.5. The second-order valence-corrected chi connectivity index (χ2v) is 4.26. The molecule has 0 saturated carbocycles. The van der Waals surface area contributed by atoms with Gasteiger partial charge in [0.2, 0.25) is 0 Å². The van der Waals surface area contributed by atoms with E-state index in [4.69, 9.17) is 4.74 Å². The number of fused-ring (bicyclic) bond motifs is 1. The first-order valence-electron chi connectivity index (χ1n) is 6.09. The van der Waals surface area contributed by atoms with E-state index in [1.165, 1.54) is 5.56 Å². The van der Waals surface area contributed by atoms with E-state index >= 15 is 0 Å². The summed E-state index contributed by atoms with van der Waals surface area (Å²) in [6.45, 7) is 0.762. The molecule has 0 amide bonds. The summed E-state index contributed by atoms with van der Waals surface area (Å²) in [7, 11) is 1.91. The molecule has 1 N–H and O–H groups in total. The topological polar surface area (TPSA) is 47.0 Å². The average molecular weight is 241 g/mol. The van der Waals surface area contributed by atoms with Crippen molar-refractivity contribution >= 4 is 0 Å². The molecule has 2 aromatic rings. The third kappa shape index (κ3) is 1.84. The molecule has 4 heteroatoms. The van der Waals surface area contributed by atoms with Gasteiger partial charge in [-0.2, -0.15) is 0 Å². The van der Waals surface area contributed by atoms with Crippen molar-refractivity contribution in [3.8, 4) is 5.75 Å². The summed E-state index contributed by atoms with van der Waals surface area (Å²) in [4.78, 5) is 8.65. The van der Waals surface area contributed by atoms with E-state index in [-0.39, 0.29) is 6.04 Å². The lowest BCUT2D eigenvalue weighted by atomic mass is 10.0. The number of para-hydroxylation sites is 1. The summed E-state index contributed by atoms with van der Waals surface area (Å²) in [5.41, 5.74) is 2.38. The summed E-state index contributed by atoms with van der Waals surface area (Å²) in [6.07, 6.45) is 4.50. The summed E-state index contributed by atoms with van der Waals surface area (Å²) in [5.74, 6) is 1.76. The van der Waals surface area contributed by atoms with Crippen LogP contribution in [0.15, 0.2) is 36.7 Å². The lowest BCUT2D eigenvalue weighted by molar-refractivity contribution is 0.350. The molecule has 1 atom stereocenters. The van der Waals surface area contributed by atoms with Crippen molar-refractivity contribution in [2.24, 2.45) is 0 Å². The van der Waals surface area contributed by atoms with E-state index in [1.54, 1.807) is 12.4 Å². The SMILES string of the molecule is CNC(c1ncccn1)c1cccc2c1OCC2. The van der Waals surface area contributed by atoms with Gasteiger partial charge in [0.25, 0.3) is 0 Å². The van der Waals surface area contributed by atoms with Crippen molar-refractivity contribution in [1.29, 1.82) is 0 Å².